The monoisotopic (exact) mass is 272 g/mol. The normalized spacial score (nSPS) is 10.8. The Bertz CT molecular complexity index is 413. The highest BCUT2D eigenvalue weighted by molar-refractivity contribution is 5.79. The maximum absolute atomic E-state index is 12.4. The van der Waals surface area contributed by atoms with E-state index in [1.54, 1.807) is 24.3 Å². The zero-order valence-electron chi connectivity index (χ0n) is 10.6. The van der Waals surface area contributed by atoms with Crippen LogP contribution < -0.4 is 5.73 Å². The second-order valence-corrected chi connectivity index (χ2v) is 4.10. The molecule has 0 saturated carbocycles. The van der Waals surface area contributed by atoms with Crippen LogP contribution in [-0.4, -0.2) is 42.0 Å². The van der Waals surface area contributed by atoms with Gasteiger partial charge in [-0.15, -0.1) is 0 Å². The molecular weight excluding hydrogens is 254 g/mol. The summed E-state index contributed by atoms with van der Waals surface area (Å²) in [7, 11) is 0. The summed E-state index contributed by atoms with van der Waals surface area (Å²) in [6.45, 7) is -0.798. The first-order valence-electron chi connectivity index (χ1n) is 6.02. The van der Waals surface area contributed by atoms with E-state index in [9.17, 15) is 13.6 Å². The van der Waals surface area contributed by atoms with Crippen LogP contribution in [0.15, 0.2) is 24.3 Å². The predicted octanol–water partition coefficient (Wildman–Crippen LogP) is 0.774. The number of nitrogens with two attached hydrogens (primary N) is 1. The number of carbonyl (C=O) groups is 1. The van der Waals surface area contributed by atoms with Crippen molar-refractivity contribution >= 4 is 5.91 Å². The van der Waals surface area contributed by atoms with Crippen LogP contribution in [0, 0.1) is 0 Å². The molecule has 19 heavy (non-hydrogen) atoms. The van der Waals surface area contributed by atoms with Crippen LogP contribution in [0.3, 0.4) is 0 Å². The van der Waals surface area contributed by atoms with Gasteiger partial charge in [0.1, 0.15) is 0 Å². The number of aliphatic hydroxyl groups excluding tert-OH is 1. The van der Waals surface area contributed by atoms with Crippen LogP contribution >= 0.6 is 0 Å². The molecule has 1 aromatic carbocycles. The van der Waals surface area contributed by atoms with Gasteiger partial charge in [0.2, 0.25) is 5.91 Å². The first-order valence-corrected chi connectivity index (χ1v) is 6.02. The zero-order chi connectivity index (χ0) is 14.3. The minimum absolute atomic E-state index is 0.0140. The molecule has 106 valence electrons. The highest BCUT2D eigenvalue weighted by Crippen LogP contribution is 2.11. The van der Waals surface area contributed by atoms with Gasteiger partial charge in [-0.1, -0.05) is 24.3 Å². The van der Waals surface area contributed by atoms with Gasteiger partial charge in [-0.2, -0.15) is 0 Å². The van der Waals surface area contributed by atoms with Crippen molar-refractivity contribution in [2.45, 2.75) is 19.4 Å². The third-order valence-electron chi connectivity index (χ3n) is 2.76. The minimum atomic E-state index is -2.61. The number of carbonyl (C=O) groups excluding carboxylic acids is 1. The quantitative estimate of drug-likeness (QED) is 0.770. The zero-order valence-corrected chi connectivity index (χ0v) is 10.6. The molecule has 0 aliphatic rings. The fourth-order valence-corrected chi connectivity index (χ4v) is 1.81. The van der Waals surface area contributed by atoms with Crippen LogP contribution in [0.25, 0.3) is 0 Å². The molecule has 0 aliphatic heterocycles. The van der Waals surface area contributed by atoms with Crippen molar-refractivity contribution in [2.24, 2.45) is 5.73 Å². The number of rotatable bonds is 7. The Morgan fingerprint density at radius 1 is 1.32 bits per heavy atom. The summed E-state index contributed by atoms with van der Waals surface area (Å²) >= 11 is 0. The molecule has 0 heterocycles. The molecule has 4 nitrogen and oxygen atoms in total. The second-order valence-electron chi connectivity index (χ2n) is 4.10. The third-order valence-corrected chi connectivity index (χ3v) is 2.76. The Hall–Kier alpha value is -1.53. The van der Waals surface area contributed by atoms with Gasteiger partial charge in [-0.25, -0.2) is 8.78 Å². The van der Waals surface area contributed by atoms with E-state index >= 15 is 0 Å². The Balaban J connectivity index is 2.75. The molecule has 6 heteroatoms. The molecular formula is C13H18F2N2O2. The predicted molar refractivity (Wildman–Crippen MR) is 67.7 cm³/mol. The SMILES string of the molecule is NCc1ccccc1CC(=O)N(CCO)CC(F)F. The first kappa shape index (κ1) is 15.5. The van der Waals surface area contributed by atoms with E-state index in [4.69, 9.17) is 10.8 Å². The molecule has 0 unspecified atom stereocenters. The van der Waals surface area contributed by atoms with Gasteiger partial charge < -0.3 is 15.7 Å². The highest BCUT2D eigenvalue weighted by atomic mass is 19.3. The molecule has 0 bridgehead atoms. The molecule has 1 aromatic rings. The van der Waals surface area contributed by atoms with E-state index in [-0.39, 0.29) is 26.1 Å². The largest absolute Gasteiger partial charge is 0.395 e. The number of benzene rings is 1. The van der Waals surface area contributed by atoms with Gasteiger partial charge in [0.05, 0.1) is 19.6 Å². The van der Waals surface area contributed by atoms with Gasteiger partial charge in [-0.3, -0.25) is 4.79 Å². The molecule has 0 spiro atoms. The lowest BCUT2D eigenvalue weighted by Gasteiger charge is -2.21. The van der Waals surface area contributed by atoms with E-state index in [1.165, 1.54) is 0 Å². The maximum atomic E-state index is 12.4. The van der Waals surface area contributed by atoms with Crippen molar-refractivity contribution in [1.82, 2.24) is 4.90 Å². The summed E-state index contributed by atoms with van der Waals surface area (Å²) in [4.78, 5) is 12.9. The number of hydrogen-bond acceptors (Lipinski definition) is 3. The number of amides is 1. The highest BCUT2D eigenvalue weighted by Gasteiger charge is 2.18. The molecule has 0 saturated heterocycles. The third kappa shape index (κ3) is 4.92. The molecule has 1 amide bonds. The molecule has 0 fully saturated rings. The van der Waals surface area contributed by atoms with E-state index in [0.717, 1.165) is 16.0 Å². The average molecular weight is 272 g/mol. The molecule has 0 aliphatic carbocycles. The van der Waals surface area contributed by atoms with Crippen molar-refractivity contribution in [1.29, 1.82) is 0 Å². The van der Waals surface area contributed by atoms with Gasteiger partial charge in [0.25, 0.3) is 6.43 Å². The van der Waals surface area contributed by atoms with E-state index in [2.05, 4.69) is 0 Å². The maximum Gasteiger partial charge on any atom is 0.255 e. The first-order chi connectivity index (χ1) is 9.08. The Morgan fingerprint density at radius 2 is 1.95 bits per heavy atom. The number of nitrogens with zero attached hydrogens (tertiary/aromatic N) is 1. The number of alkyl halides is 2. The Morgan fingerprint density at radius 3 is 2.47 bits per heavy atom. The summed E-state index contributed by atoms with van der Waals surface area (Å²) in [5.74, 6) is -0.435. The van der Waals surface area contributed by atoms with E-state index < -0.39 is 18.9 Å². The lowest BCUT2D eigenvalue weighted by atomic mass is 10.0. The fraction of sp³-hybridized carbons (Fsp3) is 0.462. The van der Waals surface area contributed by atoms with Crippen molar-refractivity contribution in [3.8, 4) is 0 Å². The Kier molecular flexibility index (Phi) is 6.38. The topological polar surface area (TPSA) is 66.6 Å². The van der Waals surface area contributed by atoms with E-state index in [1.807, 2.05) is 0 Å². The lowest BCUT2D eigenvalue weighted by Crippen LogP contribution is -2.38. The number of halogens is 2. The number of aliphatic hydroxyl groups is 1. The molecule has 0 radical (unpaired) electrons. The van der Waals surface area contributed by atoms with Gasteiger partial charge in [-0.05, 0) is 11.1 Å². The molecule has 3 N–H and O–H groups in total. The fourth-order valence-electron chi connectivity index (χ4n) is 1.81. The van der Waals surface area contributed by atoms with Gasteiger partial charge >= 0.3 is 0 Å². The Labute approximate surface area is 110 Å². The van der Waals surface area contributed by atoms with Crippen molar-refractivity contribution in [2.75, 3.05) is 19.7 Å². The molecule has 1 rings (SSSR count). The molecule has 0 atom stereocenters. The van der Waals surface area contributed by atoms with Crippen LogP contribution in [0.2, 0.25) is 0 Å². The van der Waals surface area contributed by atoms with Crippen LogP contribution in [-0.2, 0) is 17.8 Å². The van der Waals surface area contributed by atoms with Gasteiger partial charge in [0, 0.05) is 13.1 Å². The summed E-state index contributed by atoms with van der Waals surface area (Å²) < 4.78 is 24.7. The summed E-state index contributed by atoms with van der Waals surface area (Å²) in [5, 5.41) is 8.81. The van der Waals surface area contributed by atoms with Crippen molar-refractivity contribution < 1.29 is 18.7 Å². The molecule has 0 aromatic heterocycles. The summed E-state index contributed by atoms with van der Waals surface area (Å²) in [6, 6.07) is 7.12. The smallest absolute Gasteiger partial charge is 0.255 e. The van der Waals surface area contributed by atoms with Crippen LogP contribution in [0.4, 0.5) is 8.78 Å². The van der Waals surface area contributed by atoms with E-state index in [0.29, 0.717) is 0 Å². The summed E-state index contributed by atoms with van der Waals surface area (Å²) in [5.41, 5.74) is 7.10. The number of hydrogen-bond donors (Lipinski definition) is 2. The average Bonchev–Trinajstić information content (AvgIpc) is 2.38. The minimum Gasteiger partial charge on any atom is -0.395 e. The lowest BCUT2D eigenvalue weighted by molar-refractivity contribution is -0.133. The van der Waals surface area contributed by atoms with Gasteiger partial charge in [0.15, 0.2) is 0 Å². The van der Waals surface area contributed by atoms with Crippen LogP contribution in [0.5, 0.6) is 0 Å². The van der Waals surface area contributed by atoms with Crippen molar-refractivity contribution in [3.05, 3.63) is 35.4 Å². The summed E-state index contributed by atoms with van der Waals surface area (Å²) in [6.07, 6.45) is -2.60. The van der Waals surface area contributed by atoms with Crippen LogP contribution in [0.1, 0.15) is 11.1 Å². The standard InChI is InChI=1S/C13H18F2N2O2/c14-12(15)9-17(5-6-18)13(19)7-10-3-1-2-4-11(10)8-16/h1-4,12,18H,5-9,16H2. The van der Waals surface area contributed by atoms with Crippen molar-refractivity contribution in [3.63, 3.8) is 0 Å². The second kappa shape index (κ2) is 7.81.